The zero-order valence-electron chi connectivity index (χ0n) is 7.57. The molecule has 0 aromatic carbocycles. The van der Waals surface area contributed by atoms with Gasteiger partial charge in [0.1, 0.15) is 5.82 Å². The predicted molar refractivity (Wildman–Crippen MR) is 53.1 cm³/mol. The maximum atomic E-state index is 5.72. The average Bonchev–Trinajstić information content (AvgIpc) is 2.90. The van der Waals surface area contributed by atoms with Crippen LogP contribution < -0.4 is 4.90 Å². The first-order valence-electron chi connectivity index (χ1n) is 4.56. The number of aromatic nitrogens is 2. The van der Waals surface area contributed by atoms with Gasteiger partial charge in [-0.25, -0.2) is 9.97 Å². The highest BCUT2D eigenvalue weighted by Gasteiger charge is 2.28. The zero-order chi connectivity index (χ0) is 9.26. The Hall–Kier alpha value is -0.830. The molecule has 2 rings (SSSR count). The first-order valence-corrected chi connectivity index (χ1v) is 4.94. The summed E-state index contributed by atoms with van der Waals surface area (Å²) in [4.78, 5) is 10.3. The van der Waals surface area contributed by atoms with Crippen molar-refractivity contribution in [2.24, 2.45) is 0 Å². The van der Waals surface area contributed by atoms with Gasteiger partial charge in [0.25, 0.3) is 0 Å². The van der Waals surface area contributed by atoms with Gasteiger partial charge in [0.05, 0.1) is 0 Å². The molecule has 3 nitrogen and oxygen atoms in total. The van der Waals surface area contributed by atoms with E-state index in [0.717, 1.165) is 12.4 Å². The van der Waals surface area contributed by atoms with Gasteiger partial charge in [-0.3, -0.25) is 0 Å². The van der Waals surface area contributed by atoms with Crippen LogP contribution >= 0.6 is 11.6 Å². The van der Waals surface area contributed by atoms with Gasteiger partial charge in [-0.2, -0.15) is 0 Å². The SMILES string of the molecule is CCN(c1ccnc(Cl)n1)C1CC1. The summed E-state index contributed by atoms with van der Waals surface area (Å²) in [6.45, 7) is 3.12. The molecule has 0 bridgehead atoms. The van der Waals surface area contributed by atoms with Crippen molar-refractivity contribution in [2.45, 2.75) is 25.8 Å². The van der Waals surface area contributed by atoms with Gasteiger partial charge in [-0.15, -0.1) is 0 Å². The number of rotatable bonds is 3. The first kappa shape index (κ1) is 8.75. The molecule has 1 aliphatic rings. The molecule has 1 fully saturated rings. The van der Waals surface area contributed by atoms with Gasteiger partial charge in [-0.05, 0) is 37.4 Å². The monoisotopic (exact) mass is 197 g/mol. The summed E-state index contributed by atoms with van der Waals surface area (Å²) in [7, 11) is 0. The predicted octanol–water partition coefficient (Wildman–Crippen LogP) is 2.12. The van der Waals surface area contributed by atoms with Crippen LogP contribution in [0.5, 0.6) is 0 Å². The maximum absolute atomic E-state index is 5.72. The van der Waals surface area contributed by atoms with Crippen LogP contribution in [0, 0.1) is 0 Å². The van der Waals surface area contributed by atoms with Crippen molar-refractivity contribution in [1.29, 1.82) is 0 Å². The molecule has 13 heavy (non-hydrogen) atoms. The summed E-state index contributed by atoms with van der Waals surface area (Å²) in [6.07, 6.45) is 4.25. The molecule has 0 amide bonds. The van der Waals surface area contributed by atoms with E-state index in [1.54, 1.807) is 6.20 Å². The highest BCUT2D eigenvalue weighted by atomic mass is 35.5. The summed E-state index contributed by atoms with van der Waals surface area (Å²) >= 11 is 5.72. The molecule has 0 radical (unpaired) electrons. The van der Waals surface area contributed by atoms with E-state index in [-0.39, 0.29) is 0 Å². The standard InChI is InChI=1S/C9H12ClN3/c1-2-13(7-3-4-7)8-5-6-11-9(10)12-8/h5-7H,2-4H2,1H3. The van der Waals surface area contributed by atoms with Crippen LogP contribution in [0.4, 0.5) is 5.82 Å². The molecule has 0 aliphatic heterocycles. The van der Waals surface area contributed by atoms with Crippen molar-refractivity contribution in [1.82, 2.24) is 9.97 Å². The smallest absolute Gasteiger partial charge is 0.224 e. The minimum Gasteiger partial charge on any atom is -0.354 e. The molecule has 1 heterocycles. The molecule has 0 atom stereocenters. The van der Waals surface area contributed by atoms with Crippen LogP contribution in [0.3, 0.4) is 0 Å². The average molecular weight is 198 g/mol. The summed E-state index contributed by atoms with van der Waals surface area (Å²) in [5, 5.41) is 0.330. The first-order chi connectivity index (χ1) is 6.31. The number of anilines is 1. The largest absolute Gasteiger partial charge is 0.354 e. The second kappa shape index (κ2) is 3.50. The van der Waals surface area contributed by atoms with E-state index in [1.165, 1.54) is 12.8 Å². The van der Waals surface area contributed by atoms with E-state index in [1.807, 2.05) is 6.07 Å². The maximum Gasteiger partial charge on any atom is 0.224 e. The lowest BCUT2D eigenvalue weighted by Crippen LogP contribution is -2.25. The lowest BCUT2D eigenvalue weighted by Gasteiger charge is -2.20. The van der Waals surface area contributed by atoms with Gasteiger partial charge in [0.2, 0.25) is 5.28 Å². The molecule has 1 aliphatic carbocycles. The van der Waals surface area contributed by atoms with E-state index >= 15 is 0 Å². The second-order valence-corrected chi connectivity index (χ2v) is 3.54. The highest BCUT2D eigenvalue weighted by molar-refractivity contribution is 6.28. The van der Waals surface area contributed by atoms with Crippen LogP contribution in [0.2, 0.25) is 5.28 Å². The van der Waals surface area contributed by atoms with Crippen LogP contribution in [-0.4, -0.2) is 22.6 Å². The minimum absolute atomic E-state index is 0.330. The number of halogens is 1. The lowest BCUT2D eigenvalue weighted by molar-refractivity contribution is 0.805. The Morgan fingerprint density at radius 3 is 2.92 bits per heavy atom. The minimum atomic E-state index is 0.330. The Morgan fingerprint density at radius 2 is 2.38 bits per heavy atom. The van der Waals surface area contributed by atoms with Crippen LogP contribution in [0.15, 0.2) is 12.3 Å². The molecular weight excluding hydrogens is 186 g/mol. The zero-order valence-corrected chi connectivity index (χ0v) is 8.33. The fourth-order valence-corrected chi connectivity index (χ4v) is 1.62. The summed E-state index contributed by atoms with van der Waals surface area (Å²) in [5.74, 6) is 0.949. The van der Waals surface area contributed by atoms with E-state index in [0.29, 0.717) is 11.3 Å². The molecule has 0 saturated heterocycles. The summed E-state index contributed by atoms with van der Waals surface area (Å²) in [6, 6.07) is 2.59. The van der Waals surface area contributed by atoms with Crippen molar-refractivity contribution >= 4 is 17.4 Å². The molecule has 0 N–H and O–H groups in total. The van der Waals surface area contributed by atoms with Crippen LogP contribution in [0.1, 0.15) is 19.8 Å². The summed E-state index contributed by atoms with van der Waals surface area (Å²) in [5.41, 5.74) is 0. The molecular formula is C9H12ClN3. The molecule has 1 aromatic heterocycles. The third kappa shape index (κ3) is 1.91. The Balaban J connectivity index is 2.21. The molecule has 70 valence electrons. The van der Waals surface area contributed by atoms with Gasteiger partial charge in [0, 0.05) is 18.8 Å². The fourth-order valence-electron chi connectivity index (χ4n) is 1.48. The van der Waals surface area contributed by atoms with E-state index in [4.69, 9.17) is 11.6 Å². The highest BCUT2D eigenvalue weighted by Crippen LogP contribution is 2.30. The Bertz CT molecular complexity index is 299. The second-order valence-electron chi connectivity index (χ2n) is 3.20. The molecule has 1 aromatic rings. The van der Waals surface area contributed by atoms with Crippen molar-refractivity contribution in [3.8, 4) is 0 Å². The van der Waals surface area contributed by atoms with E-state index in [2.05, 4.69) is 21.8 Å². The third-order valence-electron chi connectivity index (χ3n) is 2.23. The van der Waals surface area contributed by atoms with Crippen LogP contribution in [0.25, 0.3) is 0 Å². The topological polar surface area (TPSA) is 29.0 Å². The third-order valence-corrected chi connectivity index (χ3v) is 2.42. The van der Waals surface area contributed by atoms with Gasteiger partial charge in [-0.1, -0.05) is 0 Å². The molecule has 4 heteroatoms. The number of hydrogen-bond donors (Lipinski definition) is 0. The summed E-state index contributed by atoms with van der Waals surface area (Å²) < 4.78 is 0. The van der Waals surface area contributed by atoms with E-state index < -0.39 is 0 Å². The number of hydrogen-bond acceptors (Lipinski definition) is 3. The van der Waals surface area contributed by atoms with Crippen LogP contribution in [-0.2, 0) is 0 Å². The van der Waals surface area contributed by atoms with Gasteiger partial charge >= 0.3 is 0 Å². The molecule has 1 saturated carbocycles. The van der Waals surface area contributed by atoms with Gasteiger partial charge < -0.3 is 4.90 Å². The van der Waals surface area contributed by atoms with Crippen molar-refractivity contribution in [3.05, 3.63) is 17.5 Å². The normalized spacial score (nSPS) is 15.8. The Kier molecular flexibility index (Phi) is 2.36. The van der Waals surface area contributed by atoms with Gasteiger partial charge in [0.15, 0.2) is 0 Å². The fraction of sp³-hybridized carbons (Fsp3) is 0.556. The molecule has 0 unspecified atom stereocenters. The lowest BCUT2D eigenvalue weighted by atomic mass is 10.4. The Morgan fingerprint density at radius 1 is 1.62 bits per heavy atom. The van der Waals surface area contributed by atoms with Crippen molar-refractivity contribution < 1.29 is 0 Å². The number of nitrogens with zero attached hydrogens (tertiary/aromatic N) is 3. The van der Waals surface area contributed by atoms with E-state index in [9.17, 15) is 0 Å². The van der Waals surface area contributed by atoms with Crippen molar-refractivity contribution in [2.75, 3.05) is 11.4 Å². The molecule has 0 spiro atoms. The van der Waals surface area contributed by atoms with Crippen molar-refractivity contribution in [3.63, 3.8) is 0 Å². The Labute approximate surface area is 82.8 Å². The quantitative estimate of drug-likeness (QED) is 0.696.